The van der Waals surface area contributed by atoms with Crippen LogP contribution < -0.4 is 5.73 Å². The molecule has 0 radical (unpaired) electrons. The minimum Gasteiger partial charge on any atom is -0.465 e. The lowest BCUT2D eigenvalue weighted by Gasteiger charge is -2.14. The molecule has 7 heteroatoms. The number of hydrogen-bond acceptors (Lipinski definition) is 3. The van der Waals surface area contributed by atoms with E-state index >= 15 is 0 Å². The molecular weight excluding hydrogens is 247 g/mol. The molecule has 0 aliphatic carbocycles. The molecule has 0 saturated carbocycles. The molecule has 0 saturated heterocycles. The van der Waals surface area contributed by atoms with E-state index in [0.29, 0.717) is 0 Å². The van der Waals surface area contributed by atoms with Crippen molar-refractivity contribution in [1.29, 1.82) is 0 Å². The Morgan fingerprint density at radius 3 is 2.44 bits per heavy atom. The predicted molar refractivity (Wildman–Crippen MR) is 52.2 cm³/mol. The van der Waals surface area contributed by atoms with Crippen molar-refractivity contribution in [2.24, 2.45) is 0 Å². The first-order valence-electron chi connectivity index (χ1n) is 4.02. The lowest BCUT2D eigenvalue weighted by Crippen LogP contribution is -2.17. The van der Waals surface area contributed by atoms with E-state index in [9.17, 15) is 18.0 Å². The maximum atomic E-state index is 12.6. The fourth-order valence-electron chi connectivity index (χ4n) is 1.18. The van der Waals surface area contributed by atoms with E-state index in [-0.39, 0.29) is 5.02 Å². The van der Waals surface area contributed by atoms with E-state index in [4.69, 9.17) is 17.3 Å². The van der Waals surface area contributed by atoms with Gasteiger partial charge in [0, 0.05) is 0 Å². The van der Waals surface area contributed by atoms with Crippen LogP contribution in [0, 0.1) is 0 Å². The van der Waals surface area contributed by atoms with Gasteiger partial charge in [-0.05, 0) is 12.1 Å². The van der Waals surface area contributed by atoms with Crippen LogP contribution in [0.2, 0.25) is 5.02 Å². The summed E-state index contributed by atoms with van der Waals surface area (Å²) < 4.78 is 42.1. The highest BCUT2D eigenvalue weighted by molar-refractivity contribution is 6.33. The van der Waals surface area contributed by atoms with Crippen molar-refractivity contribution in [2.75, 3.05) is 12.8 Å². The summed E-state index contributed by atoms with van der Waals surface area (Å²) in [6, 6.07) is 2.03. The number of carbonyl (C=O) groups is 1. The lowest BCUT2D eigenvalue weighted by molar-refractivity contribution is -0.137. The lowest BCUT2D eigenvalue weighted by atomic mass is 10.1. The van der Waals surface area contributed by atoms with Crippen molar-refractivity contribution in [3.63, 3.8) is 0 Å². The monoisotopic (exact) mass is 253 g/mol. The molecule has 0 fully saturated rings. The summed E-state index contributed by atoms with van der Waals surface area (Å²) in [6.45, 7) is 0. The van der Waals surface area contributed by atoms with Gasteiger partial charge in [-0.15, -0.1) is 0 Å². The molecule has 1 rings (SSSR count). The number of halogens is 4. The van der Waals surface area contributed by atoms with Gasteiger partial charge >= 0.3 is 12.1 Å². The smallest absolute Gasteiger partial charge is 0.419 e. The second-order valence-corrected chi connectivity index (χ2v) is 3.28. The van der Waals surface area contributed by atoms with Crippen molar-refractivity contribution in [3.05, 3.63) is 28.3 Å². The van der Waals surface area contributed by atoms with Gasteiger partial charge in [-0.3, -0.25) is 0 Å². The normalized spacial score (nSPS) is 11.3. The number of benzene rings is 1. The third-order valence-electron chi connectivity index (χ3n) is 1.88. The summed E-state index contributed by atoms with van der Waals surface area (Å²) in [4.78, 5) is 11.1. The van der Waals surface area contributed by atoms with Crippen LogP contribution in [0.25, 0.3) is 0 Å². The van der Waals surface area contributed by atoms with E-state index in [1.807, 2.05) is 0 Å². The molecule has 0 bridgehead atoms. The number of rotatable bonds is 1. The molecule has 0 aliphatic heterocycles. The first-order valence-corrected chi connectivity index (χ1v) is 4.40. The number of ether oxygens (including phenoxy) is 1. The second-order valence-electron chi connectivity index (χ2n) is 2.87. The van der Waals surface area contributed by atoms with Gasteiger partial charge in [-0.1, -0.05) is 11.6 Å². The number of carbonyl (C=O) groups excluding carboxylic acids is 1. The third kappa shape index (κ3) is 2.21. The average molecular weight is 254 g/mol. The quantitative estimate of drug-likeness (QED) is 0.618. The first-order chi connectivity index (χ1) is 7.29. The summed E-state index contributed by atoms with van der Waals surface area (Å²) in [5, 5.41) is -0.264. The van der Waals surface area contributed by atoms with Crippen LogP contribution in [-0.2, 0) is 10.9 Å². The molecule has 1 aromatic rings. The molecule has 16 heavy (non-hydrogen) atoms. The minimum atomic E-state index is -4.77. The highest BCUT2D eigenvalue weighted by Gasteiger charge is 2.38. The Balaban J connectivity index is 3.52. The summed E-state index contributed by atoms with van der Waals surface area (Å²) >= 11 is 5.46. The third-order valence-corrected chi connectivity index (χ3v) is 2.21. The standard InChI is InChI=1S/C9H7ClF3NO2/c1-16-8(15)4-2-3-5(10)7(14)6(4)9(11,12)13/h2-3H,14H2,1H3. The van der Waals surface area contributed by atoms with Gasteiger partial charge in [0.25, 0.3) is 0 Å². The topological polar surface area (TPSA) is 52.3 Å². The summed E-state index contributed by atoms with van der Waals surface area (Å²) in [6.07, 6.45) is -4.77. The van der Waals surface area contributed by atoms with Gasteiger partial charge in [0.05, 0.1) is 28.9 Å². The van der Waals surface area contributed by atoms with Crippen LogP contribution in [0.1, 0.15) is 15.9 Å². The van der Waals surface area contributed by atoms with Crippen LogP contribution in [0.3, 0.4) is 0 Å². The van der Waals surface area contributed by atoms with Crippen molar-refractivity contribution in [3.8, 4) is 0 Å². The molecule has 88 valence electrons. The van der Waals surface area contributed by atoms with Crippen LogP contribution >= 0.6 is 11.6 Å². The van der Waals surface area contributed by atoms with Crippen LogP contribution in [0.15, 0.2) is 12.1 Å². The Morgan fingerprint density at radius 2 is 2.00 bits per heavy atom. The highest BCUT2D eigenvalue weighted by atomic mass is 35.5. The second kappa shape index (κ2) is 4.21. The SMILES string of the molecule is COC(=O)c1ccc(Cl)c(N)c1C(F)(F)F. The van der Waals surface area contributed by atoms with Gasteiger partial charge in [-0.2, -0.15) is 13.2 Å². The molecule has 0 heterocycles. The number of nitrogen functional groups attached to an aromatic ring is 1. The van der Waals surface area contributed by atoms with Gasteiger partial charge in [0.1, 0.15) is 0 Å². The molecule has 0 aromatic heterocycles. The maximum Gasteiger partial charge on any atom is 0.419 e. The van der Waals surface area contributed by atoms with Gasteiger partial charge in [0.2, 0.25) is 0 Å². The van der Waals surface area contributed by atoms with E-state index < -0.39 is 29.0 Å². The molecule has 0 spiro atoms. The number of hydrogen-bond donors (Lipinski definition) is 1. The Morgan fingerprint density at radius 1 is 1.44 bits per heavy atom. The van der Waals surface area contributed by atoms with Gasteiger partial charge in [-0.25, -0.2) is 4.79 Å². The predicted octanol–water partition coefficient (Wildman–Crippen LogP) is 2.73. The van der Waals surface area contributed by atoms with Crippen molar-refractivity contribution < 1.29 is 22.7 Å². The zero-order valence-corrected chi connectivity index (χ0v) is 8.82. The molecule has 0 unspecified atom stereocenters. The average Bonchev–Trinajstić information content (AvgIpc) is 2.18. The largest absolute Gasteiger partial charge is 0.465 e. The zero-order valence-electron chi connectivity index (χ0n) is 8.06. The molecule has 0 atom stereocenters. The minimum absolute atomic E-state index is 0.264. The highest BCUT2D eigenvalue weighted by Crippen LogP contribution is 2.39. The summed E-state index contributed by atoms with van der Waals surface area (Å²) in [5.41, 5.74) is 2.59. The Kier molecular flexibility index (Phi) is 3.32. The Bertz CT molecular complexity index is 431. The number of anilines is 1. The van der Waals surface area contributed by atoms with Gasteiger partial charge < -0.3 is 10.5 Å². The molecule has 3 nitrogen and oxygen atoms in total. The van der Waals surface area contributed by atoms with Crippen molar-refractivity contribution >= 4 is 23.3 Å². The molecule has 1 aromatic carbocycles. The van der Waals surface area contributed by atoms with Crippen molar-refractivity contribution in [1.82, 2.24) is 0 Å². The Hall–Kier alpha value is -1.43. The fourth-order valence-corrected chi connectivity index (χ4v) is 1.34. The molecule has 2 N–H and O–H groups in total. The zero-order chi connectivity index (χ0) is 12.5. The van der Waals surface area contributed by atoms with E-state index in [2.05, 4.69) is 4.74 Å². The van der Waals surface area contributed by atoms with Crippen LogP contribution in [0.5, 0.6) is 0 Å². The number of alkyl halides is 3. The van der Waals surface area contributed by atoms with E-state index in [0.717, 1.165) is 19.2 Å². The number of methoxy groups -OCH3 is 1. The molecule has 0 aliphatic rings. The number of nitrogens with two attached hydrogens (primary N) is 1. The van der Waals surface area contributed by atoms with Crippen LogP contribution in [0.4, 0.5) is 18.9 Å². The number of esters is 1. The van der Waals surface area contributed by atoms with E-state index in [1.54, 1.807) is 0 Å². The van der Waals surface area contributed by atoms with Crippen LogP contribution in [-0.4, -0.2) is 13.1 Å². The first kappa shape index (κ1) is 12.6. The molecular formula is C9H7ClF3NO2. The van der Waals surface area contributed by atoms with Crippen molar-refractivity contribution in [2.45, 2.75) is 6.18 Å². The Labute approximate surface area is 93.9 Å². The fraction of sp³-hybridized carbons (Fsp3) is 0.222. The van der Waals surface area contributed by atoms with E-state index in [1.165, 1.54) is 0 Å². The summed E-state index contributed by atoms with van der Waals surface area (Å²) in [7, 11) is 0.979. The summed E-state index contributed by atoms with van der Waals surface area (Å²) in [5.74, 6) is -1.12. The van der Waals surface area contributed by atoms with Gasteiger partial charge in [0.15, 0.2) is 0 Å². The maximum absolute atomic E-state index is 12.6. The molecule has 0 amide bonds.